The van der Waals surface area contributed by atoms with Crippen LogP contribution in [0, 0.1) is 5.82 Å². The summed E-state index contributed by atoms with van der Waals surface area (Å²) in [5, 5.41) is 2.10. The number of hydrogen-bond donors (Lipinski definition) is 2. The third-order valence-corrected chi connectivity index (χ3v) is 4.12. The molecule has 0 aliphatic rings. The van der Waals surface area contributed by atoms with E-state index in [1.807, 2.05) is 12.1 Å². The lowest BCUT2D eigenvalue weighted by atomic mass is 10.0. The molecule has 0 spiro atoms. The van der Waals surface area contributed by atoms with Crippen molar-refractivity contribution in [1.29, 1.82) is 0 Å². The van der Waals surface area contributed by atoms with Crippen LogP contribution in [0.3, 0.4) is 0 Å². The number of nitrogens with two attached hydrogens (primary N) is 1. The van der Waals surface area contributed by atoms with E-state index in [1.54, 1.807) is 11.3 Å². The zero-order valence-electron chi connectivity index (χ0n) is 10.8. The molecule has 0 saturated carbocycles. The maximum absolute atomic E-state index is 12.8. The summed E-state index contributed by atoms with van der Waals surface area (Å²) in [5.41, 5.74) is 3.97. The minimum Gasteiger partial charge on any atom is -0.271 e. The molecule has 1 aromatic carbocycles. The first-order valence-electron chi connectivity index (χ1n) is 6.51. The van der Waals surface area contributed by atoms with Crippen LogP contribution in [-0.4, -0.2) is 6.04 Å². The number of benzene rings is 1. The Kier molecular flexibility index (Phi) is 5.51. The van der Waals surface area contributed by atoms with E-state index in [1.165, 1.54) is 17.0 Å². The van der Waals surface area contributed by atoms with Gasteiger partial charge in [0.05, 0.1) is 0 Å². The molecule has 2 nitrogen and oxygen atoms in total. The first kappa shape index (κ1) is 14.2. The van der Waals surface area contributed by atoms with E-state index in [2.05, 4.69) is 22.9 Å². The predicted octanol–water partition coefficient (Wildman–Crippen LogP) is 3.28. The van der Waals surface area contributed by atoms with Crippen LogP contribution in [-0.2, 0) is 12.8 Å². The van der Waals surface area contributed by atoms with Gasteiger partial charge < -0.3 is 0 Å². The van der Waals surface area contributed by atoms with Crippen molar-refractivity contribution >= 4 is 11.3 Å². The van der Waals surface area contributed by atoms with Crippen LogP contribution in [0.25, 0.3) is 0 Å². The average molecular weight is 278 g/mol. The highest BCUT2D eigenvalue weighted by Crippen LogP contribution is 2.14. The van der Waals surface area contributed by atoms with E-state index >= 15 is 0 Å². The number of aryl methyl sites for hydroxylation is 1. The Morgan fingerprint density at radius 2 is 2.00 bits per heavy atom. The molecule has 2 aromatic rings. The number of halogens is 1. The van der Waals surface area contributed by atoms with Crippen LogP contribution in [0.5, 0.6) is 0 Å². The van der Waals surface area contributed by atoms with Crippen molar-refractivity contribution in [3.63, 3.8) is 0 Å². The first-order chi connectivity index (χ1) is 9.28. The van der Waals surface area contributed by atoms with Gasteiger partial charge in [-0.1, -0.05) is 18.2 Å². The number of rotatable bonds is 7. The molecule has 0 aliphatic heterocycles. The van der Waals surface area contributed by atoms with Gasteiger partial charge in [-0.3, -0.25) is 11.3 Å². The molecule has 0 aliphatic carbocycles. The molecule has 0 bridgehead atoms. The summed E-state index contributed by atoms with van der Waals surface area (Å²) in [6.45, 7) is 0. The van der Waals surface area contributed by atoms with Gasteiger partial charge in [0.2, 0.25) is 0 Å². The Bertz CT molecular complexity index is 467. The van der Waals surface area contributed by atoms with Crippen molar-refractivity contribution in [3.05, 3.63) is 58.0 Å². The van der Waals surface area contributed by atoms with E-state index in [0.29, 0.717) is 0 Å². The number of thiophene rings is 1. The topological polar surface area (TPSA) is 38.0 Å². The fourth-order valence-electron chi connectivity index (χ4n) is 2.13. The molecule has 0 radical (unpaired) electrons. The lowest BCUT2D eigenvalue weighted by Gasteiger charge is -2.15. The number of nitrogens with one attached hydrogen (secondary N) is 1. The Morgan fingerprint density at radius 3 is 2.63 bits per heavy atom. The Morgan fingerprint density at radius 1 is 1.21 bits per heavy atom. The van der Waals surface area contributed by atoms with Crippen LogP contribution in [0.2, 0.25) is 0 Å². The first-order valence-corrected chi connectivity index (χ1v) is 7.39. The molecule has 1 heterocycles. The van der Waals surface area contributed by atoms with Gasteiger partial charge in [0.1, 0.15) is 5.82 Å². The normalized spacial score (nSPS) is 12.5. The highest BCUT2D eigenvalue weighted by atomic mass is 32.1. The van der Waals surface area contributed by atoms with Crippen LogP contribution in [0.15, 0.2) is 41.8 Å². The van der Waals surface area contributed by atoms with Gasteiger partial charge in [0.15, 0.2) is 0 Å². The summed E-state index contributed by atoms with van der Waals surface area (Å²) >= 11 is 1.79. The van der Waals surface area contributed by atoms with Crippen molar-refractivity contribution in [1.82, 2.24) is 5.43 Å². The second kappa shape index (κ2) is 7.38. The minimum atomic E-state index is -0.196. The second-order valence-corrected chi connectivity index (χ2v) is 5.70. The van der Waals surface area contributed by atoms with Crippen LogP contribution in [0.4, 0.5) is 4.39 Å². The van der Waals surface area contributed by atoms with E-state index in [4.69, 9.17) is 5.84 Å². The summed E-state index contributed by atoms with van der Waals surface area (Å²) in [7, 11) is 0. The molecule has 0 saturated heterocycles. The molecule has 19 heavy (non-hydrogen) atoms. The maximum Gasteiger partial charge on any atom is 0.123 e. The SMILES string of the molecule is NNC(CCCc1cccs1)Cc1ccc(F)cc1. The Hall–Kier alpha value is -1.23. The zero-order valence-corrected chi connectivity index (χ0v) is 11.6. The molecule has 1 unspecified atom stereocenters. The largest absolute Gasteiger partial charge is 0.271 e. The summed E-state index contributed by atoms with van der Waals surface area (Å²) in [5.74, 6) is 5.39. The lowest BCUT2D eigenvalue weighted by molar-refractivity contribution is 0.477. The lowest BCUT2D eigenvalue weighted by Crippen LogP contribution is -2.36. The summed E-state index contributed by atoms with van der Waals surface area (Å²) in [6, 6.07) is 11.1. The van der Waals surface area contributed by atoms with E-state index in [0.717, 1.165) is 31.2 Å². The minimum absolute atomic E-state index is 0.196. The molecular weight excluding hydrogens is 259 g/mol. The van der Waals surface area contributed by atoms with Crippen LogP contribution in [0.1, 0.15) is 23.3 Å². The third-order valence-electron chi connectivity index (χ3n) is 3.19. The van der Waals surface area contributed by atoms with Gasteiger partial charge in [0, 0.05) is 10.9 Å². The highest BCUT2D eigenvalue weighted by Gasteiger charge is 2.08. The Balaban J connectivity index is 1.78. The molecule has 3 N–H and O–H groups in total. The molecule has 1 atom stereocenters. The summed E-state index contributed by atoms with van der Waals surface area (Å²) in [6.07, 6.45) is 4.06. The van der Waals surface area contributed by atoms with E-state index in [9.17, 15) is 4.39 Å². The van der Waals surface area contributed by atoms with Gasteiger partial charge in [-0.05, 0) is 54.8 Å². The average Bonchev–Trinajstić information content (AvgIpc) is 2.93. The van der Waals surface area contributed by atoms with Crippen LogP contribution >= 0.6 is 11.3 Å². The fraction of sp³-hybridized carbons (Fsp3) is 0.333. The molecule has 0 amide bonds. The third kappa shape index (κ3) is 4.74. The van der Waals surface area contributed by atoms with Crippen molar-refractivity contribution in [2.24, 2.45) is 5.84 Å². The van der Waals surface area contributed by atoms with Gasteiger partial charge in [-0.2, -0.15) is 0 Å². The molecule has 4 heteroatoms. The maximum atomic E-state index is 12.8. The standard InChI is InChI=1S/C15H19FN2S/c16-13-8-6-12(7-9-13)11-14(18-17)3-1-4-15-5-2-10-19-15/h2,5-10,14,18H,1,3-4,11,17H2. The van der Waals surface area contributed by atoms with E-state index < -0.39 is 0 Å². The van der Waals surface area contributed by atoms with Gasteiger partial charge >= 0.3 is 0 Å². The fourth-order valence-corrected chi connectivity index (χ4v) is 2.88. The predicted molar refractivity (Wildman–Crippen MR) is 78.5 cm³/mol. The molecule has 2 rings (SSSR count). The highest BCUT2D eigenvalue weighted by molar-refractivity contribution is 7.09. The zero-order chi connectivity index (χ0) is 13.5. The van der Waals surface area contributed by atoms with Gasteiger partial charge in [-0.25, -0.2) is 4.39 Å². The van der Waals surface area contributed by atoms with Gasteiger partial charge in [0.25, 0.3) is 0 Å². The number of hydrazine groups is 1. The molecule has 0 fully saturated rings. The van der Waals surface area contributed by atoms with Crippen molar-refractivity contribution in [3.8, 4) is 0 Å². The Labute approximate surface area is 117 Å². The monoisotopic (exact) mass is 278 g/mol. The van der Waals surface area contributed by atoms with Crippen molar-refractivity contribution in [2.75, 3.05) is 0 Å². The second-order valence-electron chi connectivity index (χ2n) is 4.67. The smallest absolute Gasteiger partial charge is 0.123 e. The summed E-state index contributed by atoms with van der Waals surface area (Å²) in [4.78, 5) is 1.41. The molecule has 1 aromatic heterocycles. The van der Waals surface area contributed by atoms with E-state index in [-0.39, 0.29) is 11.9 Å². The van der Waals surface area contributed by atoms with Gasteiger partial charge in [-0.15, -0.1) is 11.3 Å². The summed E-state index contributed by atoms with van der Waals surface area (Å²) < 4.78 is 12.8. The number of hydrogen-bond acceptors (Lipinski definition) is 3. The molecular formula is C15H19FN2S. The van der Waals surface area contributed by atoms with Crippen molar-refractivity contribution < 1.29 is 4.39 Å². The van der Waals surface area contributed by atoms with Crippen LogP contribution < -0.4 is 11.3 Å². The van der Waals surface area contributed by atoms with Crippen molar-refractivity contribution in [2.45, 2.75) is 31.7 Å². The molecule has 102 valence electrons. The quantitative estimate of drug-likeness (QED) is 0.602.